The van der Waals surface area contributed by atoms with Crippen LogP contribution in [0.25, 0.3) is 0 Å². The van der Waals surface area contributed by atoms with E-state index in [9.17, 15) is 9.59 Å². The Morgan fingerprint density at radius 3 is 2.47 bits per heavy atom. The van der Waals surface area contributed by atoms with Gasteiger partial charge in [0.25, 0.3) is 5.91 Å². The molecule has 92 valence electrons. The van der Waals surface area contributed by atoms with Crippen LogP contribution in [0.15, 0.2) is 23.1 Å². The number of piperidine rings is 1. The number of nitrogens with zero attached hydrogens (tertiary/aromatic N) is 1. The van der Waals surface area contributed by atoms with Crippen LogP contribution in [-0.2, 0) is 0 Å². The fourth-order valence-corrected chi connectivity index (χ4v) is 2.51. The van der Waals surface area contributed by atoms with Crippen molar-refractivity contribution in [1.82, 2.24) is 9.88 Å². The van der Waals surface area contributed by atoms with Gasteiger partial charge in [0.15, 0.2) is 0 Å². The molecule has 2 atom stereocenters. The third-order valence-corrected chi connectivity index (χ3v) is 3.46. The number of likely N-dealkylation sites (tertiary alicyclic amines) is 1. The molecule has 0 spiro atoms. The molecule has 1 aromatic rings. The molecular formula is C13H18N2O2. The van der Waals surface area contributed by atoms with Gasteiger partial charge in [0, 0.05) is 24.3 Å². The van der Waals surface area contributed by atoms with E-state index in [1.165, 1.54) is 18.7 Å². The molecule has 2 unspecified atom stereocenters. The van der Waals surface area contributed by atoms with Gasteiger partial charge in [-0.2, -0.15) is 0 Å². The molecule has 0 aliphatic carbocycles. The minimum Gasteiger partial charge on any atom is -0.333 e. The minimum absolute atomic E-state index is 0.0148. The maximum absolute atomic E-state index is 12.3. The molecule has 1 aliphatic heterocycles. The maximum Gasteiger partial charge on any atom is 0.255 e. The predicted molar refractivity (Wildman–Crippen MR) is 66.0 cm³/mol. The number of amides is 1. The van der Waals surface area contributed by atoms with E-state index in [0.29, 0.717) is 5.56 Å². The van der Waals surface area contributed by atoms with Crippen LogP contribution in [0.4, 0.5) is 0 Å². The van der Waals surface area contributed by atoms with Gasteiger partial charge < -0.3 is 9.88 Å². The van der Waals surface area contributed by atoms with Crippen LogP contribution < -0.4 is 5.56 Å². The zero-order valence-corrected chi connectivity index (χ0v) is 10.3. The van der Waals surface area contributed by atoms with Crippen molar-refractivity contribution in [2.45, 2.75) is 45.2 Å². The molecular weight excluding hydrogens is 216 g/mol. The highest BCUT2D eigenvalue weighted by atomic mass is 16.2. The minimum atomic E-state index is -0.179. The Bertz CT molecular complexity index is 436. The lowest BCUT2D eigenvalue weighted by molar-refractivity contribution is 0.0510. The maximum atomic E-state index is 12.3. The summed E-state index contributed by atoms with van der Waals surface area (Å²) in [7, 11) is 0. The fraction of sp³-hybridized carbons (Fsp3) is 0.538. The molecule has 2 heterocycles. The van der Waals surface area contributed by atoms with Gasteiger partial charge >= 0.3 is 0 Å². The lowest BCUT2D eigenvalue weighted by Crippen LogP contribution is -2.47. The molecule has 17 heavy (non-hydrogen) atoms. The van der Waals surface area contributed by atoms with Crippen molar-refractivity contribution in [3.8, 4) is 0 Å². The van der Waals surface area contributed by atoms with Gasteiger partial charge in [0.05, 0.1) is 5.56 Å². The number of H-pyrrole nitrogens is 1. The topological polar surface area (TPSA) is 53.2 Å². The standard InChI is InChI=1S/C13H18N2O2/c1-9-4-3-5-10(2)15(9)13(17)11-6-7-12(16)14-8-11/h6-10H,3-5H2,1-2H3,(H,14,16). The third kappa shape index (κ3) is 2.40. The average Bonchev–Trinajstić information content (AvgIpc) is 2.29. The van der Waals surface area contributed by atoms with Gasteiger partial charge in [-0.25, -0.2) is 0 Å². The number of aromatic amines is 1. The summed E-state index contributed by atoms with van der Waals surface area (Å²) in [4.78, 5) is 27.8. The summed E-state index contributed by atoms with van der Waals surface area (Å²) in [6.45, 7) is 4.17. The number of rotatable bonds is 1. The molecule has 0 radical (unpaired) electrons. The number of hydrogen-bond donors (Lipinski definition) is 1. The van der Waals surface area contributed by atoms with Crippen molar-refractivity contribution in [3.63, 3.8) is 0 Å². The van der Waals surface area contributed by atoms with Crippen molar-refractivity contribution in [2.24, 2.45) is 0 Å². The first-order valence-electron chi connectivity index (χ1n) is 6.11. The molecule has 1 fully saturated rings. The number of aromatic nitrogens is 1. The first-order valence-corrected chi connectivity index (χ1v) is 6.11. The molecule has 0 aromatic carbocycles. The molecule has 4 heteroatoms. The molecule has 0 saturated carbocycles. The van der Waals surface area contributed by atoms with Gasteiger partial charge in [-0.3, -0.25) is 9.59 Å². The number of pyridine rings is 1. The number of hydrogen-bond acceptors (Lipinski definition) is 2. The molecule has 1 amide bonds. The summed E-state index contributed by atoms with van der Waals surface area (Å²) in [5, 5.41) is 0. The smallest absolute Gasteiger partial charge is 0.255 e. The number of carbonyl (C=O) groups excluding carboxylic acids is 1. The lowest BCUT2D eigenvalue weighted by Gasteiger charge is -2.39. The van der Waals surface area contributed by atoms with E-state index < -0.39 is 0 Å². The quantitative estimate of drug-likeness (QED) is 0.805. The van der Waals surface area contributed by atoms with Crippen LogP contribution in [0.2, 0.25) is 0 Å². The molecule has 1 saturated heterocycles. The molecule has 0 bridgehead atoms. The van der Waals surface area contributed by atoms with Crippen molar-refractivity contribution >= 4 is 5.91 Å². The van der Waals surface area contributed by atoms with Gasteiger partial charge in [0.2, 0.25) is 5.56 Å². The Kier molecular flexibility index (Phi) is 3.31. The summed E-state index contributed by atoms with van der Waals surface area (Å²) in [5.74, 6) is 0.0148. The first kappa shape index (κ1) is 11.9. The van der Waals surface area contributed by atoms with E-state index >= 15 is 0 Å². The van der Waals surface area contributed by atoms with Crippen molar-refractivity contribution < 1.29 is 4.79 Å². The average molecular weight is 234 g/mol. The summed E-state index contributed by atoms with van der Waals surface area (Å²) < 4.78 is 0. The number of carbonyl (C=O) groups is 1. The van der Waals surface area contributed by atoms with Gasteiger partial charge in [-0.1, -0.05) is 0 Å². The van der Waals surface area contributed by atoms with Crippen molar-refractivity contribution in [3.05, 3.63) is 34.2 Å². The zero-order chi connectivity index (χ0) is 12.4. The largest absolute Gasteiger partial charge is 0.333 e. The van der Waals surface area contributed by atoms with E-state index in [2.05, 4.69) is 18.8 Å². The zero-order valence-electron chi connectivity index (χ0n) is 10.3. The van der Waals surface area contributed by atoms with Crippen LogP contribution in [0.3, 0.4) is 0 Å². The van der Waals surface area contributed by atoms with Crippen LogP contribution in [0, 0.1) is 0 Å². The van der Waals surface area contributed by atoms with Crippen molar-refractivity contribution in [2.75, 3.05) is 0 Å². The molecule has 1 aromatic heterocycles. The molecule has 2 rings (SSSR count). The van der Waals surface area contributed by atoms with Crippen LogP contribution in [0.1, 0.15) is 43.5 Å². The SMILES string of the molecule is CC1CCCC(C)N1C(=O)c1ccc(=O)[nH]c1. The second kappa shape index (κ2) is 4.73. The Hall–Kier alpha value is -1.58. The van der Waals surface area contributed by atoms with E-state index in [0.717, 1.165) is 12.8 Å². The van der Waals surface area contributed by atoms with Crippen LogP contribution in [0.5, 0.6) is 0 Å². The Morgan fingerprint density at radius 2 is 1.94 bits per heavy atom. The van der Waals surface area contributed by atoms with E-state index in [4.69, 9.17) is 0 Å². The number of nitrogens with one attached hydrogen (secondary N) is 1. The van der Waals surface area contributed by atoms with Gasteiger partial charge in [0.1, 0.15) is 0 Å². The second-order valence-corrected chi connectivity index (χ2v) is 4.78. The Balaban J connectivity index is 2.23. The summed E-state index contributed by atoms with van der Waals surface area (Å²) in [5.41, 5.74) is 0.381. The highest BCUT2D eigenvalue weighted by Crippen LogP contribution is 2.24. The molecule has 1 N–H and O–H groups in total. The van der Waals surface area contributed by atoms with Crippen LogP contribution >= 0.6 is 0 Å². The summed E-state index contributed by atoms with van der Waals surface area (Å²) in [6.07, 6.45) is 4.79. The Labute approximate surface area is 101 Å². The normalized spacial score (nSPS) is 24.7. The van der Waals surface area contributed by atoms with Crippen molar-refractivity contribution in [1.29, 1.82) is 0 Å². The lowest BCUT2D eigenvalue weighted by atomic mass is 9.96. The van der Waals surface area contributed by atoms with E-state index in [1.54, 1.807) is 6.07 Å². The van der Waals surface area contributed by atoms with Crippen LogP contribution in [-0.4, -0.2) is 27.9 Å². The monoisotopic (exact) mass is 234 g/mol. The fourth-order valence-electron chi connectivity index (χ4n) is 2.51. The van der Waals surface area contributed by atoms with Gasteiger partial charge in [-0.15, -0.1) is 0 Å². The third-order valence-electron chi connectivity index (χ3n) is 3.46. The van der Waals surface area contributed by atoms with E-state index in [-0.39, 0.29) is 23.6 Å². The van der Waals surface area contributed by atoms with Gasteiger partial charge in [-0.05, 0) is 39.2 Å². The predicted octanol–water partition coefficient (Wildman–Crippen LogP) is 1.78. The second-order valence-electron chi connectivity index (χ2n) is 4.78. The highest BCUT2D eigenvalue weighted by Gasteiger charge is 2.29. The summed E-state index contributed by atoms with van der Waals surface area (Å²) >= 11 is 0. The van der Waals surface area contributed by atoms with E-state index in [1.807, 2.05) is 4.90 Å². The summed E-state index contributed by atoms with van der Waals surface area (Å²) in [6, 6.07) is 3.54. The highest BCUT2D eigenvalue weighted by molar-refractivity contribution is 5.94. The molecule has 1 aliphatic rings. The Morgan fingerprint density at radius 1 is 1.29 bits per heavy atom. The first-order chi connectivity index (χ1) is 8.09. The molecule has 4 nitrogen and oxygen atoms in total.